The van der Waals surface area contributed by atoms with E-state index >= 15 is 0 Å². The Morgan fingerprint density at radius 3 is 2.55 bits per heavy atom. The molecule has 1 fully saturated rings. The Bertz CT molecular complexity index is 524. The average molecular weight is 280 g/mol. The molecule has 1 aliphatic rings. The molecule has 2 rings (SSSR count). The highest BCUT2D eigenvalue weighted by Crippen LogP contribution is 2.26. The molecule has 0 aromatic heterocycles. The lowest BCUT2D eigenvalue weighted by atomic mass is 10.2. The van der Waals surface area contributed by atoms with Crippen molar-refractivity contribution in [2.24, 2.45) is 0 Å². The highest BCUT2D eigenvalue weighted by molar-refractivity contribution is 5.87. The molecule has 0 radical (unpaired) electrons. The van der Waals surface area contributed by atoms with Crippen molar-refractivity contribution in [3.8, 4) is 11.5 Å². The number of hydrogen-bond donors (Lipinski definition) is 4. The topological polar surface area (TPSA) is 107 Å². The van der Waals surface area contributed by atoms with Crippen LogP contribution in [0.4, 0.5) is 0 Å². The number of carbonyl (C=O) groups excluding carboxylic acids is 1. The molecule has 6 nitrogen and oxygen atoms in total. The number of hydrogen-bond acceptors (Lipinski definition) is 6. The van der Waals surface area contributed by atoms with Crippen molar-refractivity contribution in [1.29, 1.82) is 0 Å². The maximum Gasteiger partial charge on any atom is 0.331 e. The van der Waals surface area contributed by atoms with Crippen molar-refractivity contribution in [2.75, 3.05) is 0 Å². The molecule has 3 unspecified atom stereocenters. The van der Waals surface area contributed by atoms with Crippen LogP contribution < -0.4 is 0 Å². The van der Waals surface area contributed by atoms with Crippen LogP contribution in [0.2, 0.25) is 0 Å². The van der Waals surface area contributed by atoms with Gasteiger partial charge in [0.15, 0.2) is 11.5 Å². The van der Waals surface area contributed by atoms with Crippen LogP contribution in [-0.2, 0) is 9.53 Å². The fraction of sp³-hybridized carbons (Fsp3) is 0.357. The first-order chi connectivity index (χ1) is 9.47. The number of carbonyl (C=O) groups is 1. The highest BCUT2D eigenvalue weighted by atomic mass is 16.6. The quantitative estimate of drug-likeness (QED) is 0.366. The van der Waals surface area contributed by atoms with Crippen LogP contribution in [0.5, 0.6) is 11.5 Å². The second-order valence-corrected chi connectivity index (χ2v) is 4.69. The van der Waals surface area contributed by atoms with E-state index in [2.05, 4.69) is 0 Å². The van der Waals surface area contributed by atoms with E-state index in [0.717, 1.165) is 6.08 Å². The van der Waals surface area contributed by atoms with E-state index in [1.807, 2.05) is 0 Å². The zero-order chi connectivity index (χ0) is 14.7. The normalized spacial score (nSPS) is 26.0. The van der Waals surface area contributed by atoms with E-state index in [4.69, 9.17) is 9.84 Å². The number of ether oxygens (including phenoxy) is 1. The Labute approximate surface area is 115 Å². The average Bonchev–Trinajstić information content (AvgIpc) is 2.72. The van der Waals surface area contributed by atoms with Gasteiger partial charge in [-0.1, -0.05) is 6.07 Å². The summed E-state index contributed by atoms with van der Waals surface area (Å²) in [7, 11) is 0. The molecule has 0 aliphatic heterocycles. The molecule has 1 saturated carbocycles. The summed E-state index contributed by atoms with van der Waals surface area (Å²) in [6, 6.07) is 4.12. The number of benzene rings is 1. The van der Waals surface area contributed by atoms with Gasteiger partial charge in [-0.25, -0.2) is 4.79 Å². The molecule has 0 heterocycles. The van der Waals surface area contributed by atoms with Crippen molar-refractivity contribution in [2.45, 2.75) is 31.2 Å². The molecule has 20 heavy (non-hydrogen) atoms. The zero-order valence-corrected chi connectivity index (χ0v) is 10.6. The van der Waals surface area contributed by atoms with Gasteiger partial charge in [-0.15, -0.1) is 0 Å². The summed E-state index contributed by atoms with van der Waals surface area (Å²) < 4.78 is 5.02. The van der Waals surface area contributed by atoms with Gasteiger partial charge in [-0.05, 0) is 36.6 Å². The molecular formula is C14H16O6. The molecule has 6 heteroatoms. The number of esters is 1. The summed E-state index contributed by atoms with van der Waals surface area (Å²) in [5, 5.41) is 37.3. The fourth-order valence-electron chi connectivity index (χ4n) is 2.05. The van der Waals surface area contributed by atoms with E-state index in [1.165, 1.54) is 24.3 Å². The first kappa shape index (κ1) is 14.4. The molecular weight excluding hydrogens is 264 g/mol. The van der Waals surface area contributed by atoms with Crippen molar-refractivity contribution >= 4 is 12.0 Å². The third kappa shape index (κ3) is 3.28. The Balaban J connectivity index is 1.94. The Morgan fingerprint density at radius 2 is 1.95 bits per heavy atom. The van der Waals surface area contributed by atoms with Gasteiger partial charge in [-0.2, -0.15) is 0 Å². The van der Waals surface area contributed by atoms with E-state index in [0.29, 0.717) is 18.4 Å². The monoisotopic (exact) mass is 280 g/mol. The number of aliphatic hydroxyl groups excluding tert-OH is 2. The van der Waals surface area contributed by atoms with E-state index in [-0.39, 0.29) is 11.5 Å². The predicted molar refractivity (Wildman–Crippen MR) is 69.9 cm³/mol. The molecule has 0 saturated heterocycles. The number of phenols is 2. The molecule has 4 N–H and O–H groups in total. The Morgan fingerprint density at radius 1 is 1.20 bits per heavy atom. The Kier molecular flexibility index (Phi) is 4.26. The van der Waals surface area contributed by atoms with Gasteiger partial charge in [-0.3, -0.25) is 0 Å². The standard InChI is InChI=1S/C14H16O6/c15-9-3-1-8(7-11(9)17)2-6-13(18)20-12-5-4-10(16)14(12)19/h1-3,6-7,10,12,14-17,19H,4-5H2. The molecule has 108 valence electrons. The van der Waals surface area contributed by atoms with Crippen LogP contribution in [0.1, 0.15) is 18.4 Å². The minimum absolute atomic E-state index is 0.243. The molecule has 1 aromatic carbocycles. The van der Waals surface area contributed by atoms with Crippen LogP contribution in [0.3, 0.4) is 0 Å². The lowest BCUT2D eigenvalue weighted by Crippen LogP contribution is -2.32. The van der Waals surface area contributed by atoms with Gasteiger partial charge >= 0.3 is 5.97 Å². The maximum atomic E-state index is 11.6. The van der Waals surface area contributed by atoms with Crippen molar-refractivity contribution in [1.82, 2.24) is 0 Å². The van der Waals surface area contributed by atoms with Gasteiger partial charge in [0.25, 0.3) is 0 Å². The number of phenolic OH excluding ortho intramolecular Hbond substituents is 2. The van der Waals surface area contributed by atoms with E-state index in [9.17, 15) is 20.1 Å². The summed E-state index contributed by atoms with van der Waals surface area (Å²) in [4.78, 5) is 11.6. The summed E-state index contributed by atoms with van der Waals surface area (Å²) in [5.74, 6) is -1.17. The van der Waals surface area contributed by atoms with Gasteiger partial charge in [0.1, 0.15) is 12.2 Å². The maximum absolute atomic E-state index is 11.6. The zero-order valence-electron chi connectivity index (χ0n) is 10.6. The van der Waals surface area contributed by atoms with Gasteiger partial charge in [0.05, 0.1) is 6.10 Å². The van der Waals surface area contributed by atoms with Crippen LogP contribution >= 0.6 is 0 Å². The lowest BCUT2D eigenvalue weighted by Gasteiger charge is -2.15. The first-order valence-electron chi connectivity index (χ1n) is 6.24. The molecule has 1 aliphatic carbocycles. The van der Waals surface area contributed by atoms with E-state index in [1.54, 1.807) is 0 Å². The summed E-state index contributed by atoms with van der Waals surface area (Å²) in [6.07, 6.45) is 0.783. The smallest absolute Gasteiger partial charge is 0.331 e. The van der Waals surface area contributed by atoms with Crippen LogP contribution in [0.15, 0.2) is 24.3 Å². The third-order valence-corrected chi connectivity index (χ3v) is 3.20. The molecule has 0 spiro atoms. The highest BCUT2D eigenvalue weighted by Gasteiger charge is 2.35. The number of aliphatic hydroxyl groups is 2. The minimum Gasteiger partial charge on any atom is -0.504 e. The molecule has 1 aromatic rings. The van der Waals surface area contributed by atoms with E-state index < -0.39 is 24.3 Å². The van der Waals surface area contributed by atoms with Crippen LogP contribution in [0, 0.1) is 0 Å². The third-order valence-electron chi connectivity index (χ3n) is 3.20. The summed E-state index contributed by atoms with van der Waals surface area (Å²) in [6.45, 7) is 0. The fourth-order valence-corrected chi connectivity index (χ4v) is 2.05. The Hall–Kier alpha value is -2.05. The largest absolute Gasteiger partial charge is 0.504 e. The van der Waals surface area contributed by atoms with Gasteiger partial charge < -0.3 is 25.2 Å². The van der Waals surface area contributed by atoms with Gasteiger partial charge in [0.2, 0.25) is 0 Å². The first-order valence-corrected chi connectivity index (χ1v) is 6.24. The molecule has 0 bridgehead atoms. The van der Waals surface area contributed by atoms with Crippen molar-refractivity contribution in [3.63, 3.8) is 0 Å². The summed E-state index contributed by atoms with van der Waals surface area (Å²) in [5.41, 5.74) is 0.518. The second-order valence-electron chi connectivity index (χ2n) is 4.69. The molecule has 3 atom stereocenters. The number of aromatic hydroxyl groups is 2. The lowest BCUT2D eigenvalue weighted by molar-refractivity contribution is -0.148. The van der Waals surface area contributed by atoms with Crippen LogP contribution in [0.25, 0.3) is 6.08 Å². The van der Waals surface area contributed by atoms with Gasteiger partial charge in [0, 0.05) is 6.08 Å². The summed E-state index contributed by atoms with van der Waals surface area (Å²) >= 11 is 0. The SMILES string of the molecule is O=C(C=Cc1ccc(O)c(O)c1)OC1CCC(O)C1O. The van der Waals surface area contributed by atoms with Crippen molar-refractivity contribution in [3.05, 3.63) is 29.8 Å². The predicted octanol–water partition coefficient (Wildman–Crippen LogP) is 0.538. The molecule has 0 amide bonds. The number of rotatable bonds is 3. The van der Waals surface area contributed by atoms with Crippen molar-refractivity contribution < 1.29 is 30.0 Å². The minimum atomic E-state index is -1.05. The van der Waals surface area contributed by atoms with Crippen LogP contribution in [-0.4, -0.2) is 44.7 Å². The second kappa shape index (κ2) is 5.94.